The molecule has 0 bridgehead atoms. The number of aromatic nitrogens is 5. The zero-order valence-corrected chi connectivity index (χ0v) is 22.0. The van der Waals surface area contributed by atoms with Gasteiger partial charge in [-0.3, -0.25) is 4.98 Å². The van der Waals surface area contributed by atoms with E-state index >= 15 is 0 Å². The Morgan fingerprint density at radius 2 is 1.32 bits per heavy atom. The summed E-state index contributed by atoms with van der Waals surface area (Å²) in [5.74, 6) is 2.73. The number of nitrogens with one attached hydrogen (secondary N) is 2. The van der Waals surface area contributed by atoms with Gasteiger partial charge in [0.2, 0.25) is 0 Å². The summed E-state index contributed by atoms with van der Waals surface area (Å²) in [6.07, 6.45) is 5.74. The van der Waals surface area contributed by atoms with Crippen LogP contribution in [0, 0.1) is 0 Å². The normalized spacial score (nSPS) is 12.2. The van der Waals surface area contributed by atoms with E-state index in [0.717, 1.165) is 39.3 Å². The Morgan fingerprint density at radius 1 is 0.605 bits per heavy atom. The van der Waals surface area contributed by atoms with E-state index in [1.54, 1.807) is 0 Å². The number of fused-ring (bicyclic) bond motifs is 7. The minimum absolute atomic E-state index is 0.326. The average Bonchev–Trinajstić information content (AvgIpc) is 3.61. The van der Waals surface area contributed by atoms with E-state index in [0.29, 0.717) is 11.8 Å². The van der Waals surface area contributed by atoms with E-state index < -0.39 is 0 Å². The highest BCUT2D eigenvalue weighted by Gasteiger charge is 2.15. The molecular weight excluding hydrogens is 466 g/mol. The highest BCUT2D eigenvalue weighted by atomic mass is 14.9. The number of benzene rings is 4. The van der Waals surface area contributed by atoms with Crippen molar-refractivity contribution >= 4 is 43.4 Å². The van der Waals surface area contributed by atoms with Crippen molar-refractivity contribution in [1.82, 2.24) is 24.9 Å². The summed E-state index contributed by atoms with van der Waals surface area (Å²) in [5.41, 5.74) is 6.68. The van der Waals surface area contributed by atoms with Crippen LogP contribution in [0.15, 0.2) is 79.3 Å². The molecule has 0 aliphatic carbocycles. The van der Waals surface area contributed by atoms with Crippen LogP contribution in [0.2, 0.25) is 0 Å². The average molecular weight is 496 g/mol. The van der Waals surface area contributed by atoms with Gasteiger partial charge in [-0.25, -0.2) is 9.97 Å². The second kappa shape index (κ2) is 8.52. The third kappa shape index (κ3) is 3.58. The van der Waals surface area contributed by atoms with Crippen LogP contribution in [0.1, 0.15) is 51.2 Å². The van der Waals surface area contributed by atoms with Crippen LogP contribution < -0.4 is 0 Å². The fourth-order valence-electron chi connectivity index (χ4n) is 5.41. The van der Waals surface area contributed by atoms with Crippen molar-refractivity contribution in [3.63, 3.8) is 0 Å². The molecular formula is C33H29N5. The quantitative estimate of drug-likeness (QED) is 0.240. The van der Waals surface area contributed by atoms with Crippen LogP contribution in [-0.4, -0.2) is 24.9 Å². The smallest absolute Gasteiger partial charge is 0.109 e. The Kier molecular flexibility index (Phi) is 5.08. The fraction of sp³-hybridized carbons (Fsp3) is 0.182. The Labute approximate surface area is 221 Å². The largest absolute Gasteiger partial charge is 0.342 e. The highest BCUT2D eigenvalue weighted by Crippen LogP contribution is 2.37. The van der Waals surface area contributed by atoms with Gasteiger partial charge in [0.25, 0.3) is 0 Å². The van der Waals surface area contributed by atoms with Crippen LogP contribution in [0.25, 0.3) is 65.7 Å². The van der Waals surface area contributed by atoms with Gasteiger partial charge in [0.05, 0.1) is 22.9 Å². The van der Waals surface area contributed by atoms with Crippen molar-refractivity contribution in [2.45, 2.75) is 39.5 Å². The van der Waals surface area contributed by atoms with Crippen LogP contribution in [0.4, 0.5) is 0 Å². The van der Waals surface area contributed by atoms with E-state index in [2.05, 4.69) is 108 Å². The summed E-state index contributed by atoms with van der Waals surface area (Å²) in [7, 11) is 0. The van der Waals surface area contributed by atoms with Crippen molar-refractivity contribution in [2.24, 2.45) is 0 Å². The maximum absolute atomic E-state index is 4.94. The summed E-state index contributed by atoms with van der Waals surface area (Å²) < 4.78 is 0. The van der Waals surface area contributed by atoms with Gasteiger partial charge in [-0.1, -0.05) is 64.1 Å². The minimum atomic E-state index is 0.326. The molecule has 0 spiro atoms. The summed E-state index contributed by atoms with van der Waals surface area (Å²) in [6.45, 7) is 8.63. The molecule has 0 saturated carbocycles. The number of imidazole rings is 2. The molecule has 0 radical (unpaired) electrons. The van der Waals surface area contributed by atoms with Crippen molar-refractivity contribution in [2.75, 3.05) is 0 Å². The number of hydrogen-bond donors (Lipinski definition) is 2. The standard InChI is InChI=1S/C33H29N5/c1-18(2)32-35-17-29(36-32)24-8-7-20-13-21(5-6-22(20)14-24)23-9-10-26-27(15-23)25-11-12-34-16-28(25)31-30(26)37-33(38-31)19(3)4/h5-19H,1-4H3,(H,35,36)(H,37,38). The molecule has 4 aromatic carbocycles. The lowest BCUT2D eigenvalue weighted by atomic mass is 9.95. The molecule has 7 rings (SSSR count). The highest BCUT2D eigenvalue weighted by molar-refractivity contribution is 6.23. The van der Waals surface area contributed by atoms with Crippen molar-refractivity contribution in [3.8, 4) is 22.4 Å². The van der Waals surface area contributed by atoms with Crippen molar-refractivity contribution in [1.29, 1.82) is 0 Å². The monoisotopic (exact) mass is 495 g/mol. The van der Waals surface area contributed by atoms with Gasteiger partial charge in [-0.2, -0.15) is 0 Å². The molecule has 0 unspecified atom stereocenters. The third-order valence-corrected chi connectivity index (χ3v) is 7.55. The number of nitrogens with zero attached hydrogens (tertiary/aromatic N) is 3. The maximum Gasteiger partial charge on any atom is 0.109 e. The van der Waals surface area contributed by atoms with Crippen LogP contribution in [0.5, 0.6) is 0 Å². The maximum atomic E-state index is 4.94. The van der Waals surface area contributed by atoms with Gasteiger partial charge in [0.15, 0.2) is 0 Å². The molecule has 3 heterocycles. The van der Waals surface area contributed by atoms with E-state index in [-0.39, 0.29) is 0 Å². The van der Waals surface area contributed by atoms with Crippen LogP contribution >= 0.6 is 0 Å². The zero-order valence-electron chi connectivity index (χ0n) is 22.0. The molecule has 5 nitrogen and oxygen atoms in total. The Hall–Kier alpha value is -4.51. The first kappa shape index (κ1) is 22.7. The first-order chi connectivity index (χ1) is 18.5. The number of rotatable bonds is 4. The lowest BCUT2D eigenvalue weighted by Gasteiger charge is -2.10. The molecule has 7 aromatic rings. The van der Waals surface area contributed by atoms with Gasteiger partial charge in [0.1, 0.15) is 11.6 Å². The number of hydrogen-bond acceptors (Lipinski definition) is 3. The summed E-state index contributed by atoms with van der Waals surface area (Å²) >= 11 is 0. The topological polar surface area (TPSA) is 70.2 Å². The fourth-order valence-corrected chi connectivity index (χ4v) is 5.41. The minimum Gasteiger partial charge on any atom is -0.342 e. The second-order valence-electron chi connectivity index (χ2n) is 10.8. The predicted octanol–water partition coefficient (Wildman–Crippen LogP) is 8.72. The molecule has 0 aliphatic rings. The molecule has 3 aromatic heterocycles. The molecule has 0 saturated heterocycles. The number of aromatic amines is 2. The summed E-state index contributed by atoms with van der Waals surface area (Å²) in [5, 5.41) is 7.09. The molecule has 0 amide bonds. The molecule has 186 valence electrons. The van der Waals surface area contributed by atoms with E-state index in [4.69, 9.17) is 4.98 Å². The first-order valence-corrected chi connectivity index (χ1v) is 13.2. The number of H-pyrrole nitrogens is 2. The van der Waals surface area contributed by atoms with Gasteiger partial charge < -0.3 is 9.97 Å². The van der Waals surface area contributed by atoms with Gasteiger partial charge in [0, 0.05) is 40.6 Å². The molecule has 0 aliphatic heterocycles. The van der Waals surface area contributed by atoms with Crippen LogP contribution in [-0.2, 0) is 0 Å². The van der Waals surface area contributed by atoms with Crippen molar-refractivity contribution in [3.05, 3.63) is 90.9 Å². The third-order valence-electron chi connectivity index (χ3n) is 7.55. The summed E-state index contributed by atoms with van der Waals surface area (Å²) in [4.78, 5) is 20.9. The van der Waals surface area contributed by atoms with Gasteiger partial charge in [-0.15, -0.1) is 0 Å². The van der Waals surface area contributed by atoms with Crippen LogP contribution in [0.3, 0.4) is 0 Å². The van der Waals surface area contributed by atoms with Gasteiger partial charge in [-0.05, 0) is 56.9 Å². The molecule has 0 atom stereocenters. The Bertz CT molecular complexity index is 1990. The summed E-state index contributed by atoms with van der Waals surface area (Å²) in [6, 6.07) is 22.2. The first-order valence-electron chi connectivity index (χ1n) is 13.2. The predicted molar refractivity (Wildman–Crippen MR) is 158 cm³/mol. The molecule has 38 heavy (non-hydrogen) atoms. The molecule has 2 N–H and O–H groups in total. The Morgan fingerprint density at radius 3 is 2.08 bits per heavy atom. The second-order valence-corrected chi connectivity index (χ2v) is 10.8. The Balaban J connectivity index is 1.35. The lowest BCUT2D eigenvalue weighted by molar-refractivity contribution is 0.795. The SMILES string of the molecule is CC(C)c1ncc(-c2ccc3cc(-c4ccc5c(c4)c4ccncc4c4nc(C(C)C)[nH]c54)ccc3c2)[nH]1. The van der Waals surface area contributed by atoms with Gasteiger partial charge >= 0.3 is 0 Å². The number of pyridine rings is 1. The van der Waals surface area contributed by atoms with E-state index in [1.165, 1.54) is 38.1 Å². The molecule has 0 fully saturated rings. The zero-order chi connectivity index (χ0) is 26.0. The molecule has 5 heteroatoms. The lowest BCUT2D eigenvalue weighted by Crippen LogP contribution is -1.89. The van der Waals surface area contributed by atoms with E-state index in [1.807, 2.05) is 18.6 Å². The van der Waals surface area contributed by atoms with Crippen molar-refractivity contribution < 1.29 is 0 Å². The van der Waals surface area contributed by atoms with E-state index in [9.17, 15) is 0 Å².